The van der Waals surface area contributed by atoms with Gasteiger partial charge in [-0.3, -0.25) is 0 Å². The van der Waals surface area contributed by atoms with Gasteiger partial charge in [-0.25, -0.2) is 4.79 Å². The lowest BCUT2D eigenvalue weighted by molar-refractivity contribution is 0.192. The summed E-state index contributed by atoms with van der Waals surface area (Å²) in [5.41, 5.74) is -0.0905. The molecule has 5 nitrogen and oxygen atoms in total. The first-order valence-corrected chi connectivity index (χ1v) is 11.5. The van der Waals surface area contributed by atoms with Gasteiger partial charge in [0.2, 0.25) is 5.75 Å². The maximum Gasteiger partial charge on any atom is 0.383 e. The Morgan fingerprint density at radius 2 is 1.43 bits per heavy atom. The molecular formula is C25H38O5. The molecule has 0 fully saturated rings. The minimum absolute atomic E-state index is 0.106. The third-order valence-electron chi connectivity index (χ3n) is 4.77. The van der Waals surface area contributed by atoms with Crippen LogP contribution in [0.5, 0.6) is 17.2 Å². The first-order valence-electron chi connectivity index (χ1n) is 11.5. The van der Waals surface area contributed by atoms with E-state index in [2.05, 4.69) is 6.92 Å². The number of hydrogen-bond acceptors (Lipinski definition) is 5. The molecule has 1 aromatic carbocycles. The molecule has 0 aliphatic rings. The topological polar surface area (TPSA) is 57.9 Å². The Labute approximate surface area is 180 Å². The van der Waals surface area contributed by atoms with Gasteiger partial charge in [-0.2, -0.15) is 0 Å². The summed E-state index contributed by atoms with van der Waals surface area (Å²) in [7, 11) is 0. The van der Waals surface area contributed by atoms with E-state index in [1.165, 1.54) is 38.5 Å². The van der Waals surface area contributed by atoms with Crippen molar-refractivity contribution in [2.45, 2.75) is 98.2 Å². The summed E-state index contributed by atoms with van der Waals surface area (Å²) < 4.78 is 23.4. The molecule has 0 bridgehead atoms. The van der Waals surface area contributed by atoms with Crippen LogP contribution in [0.1, 0.15) is 86.0 Å². The molecule has 0 unspecified atom stereocenters. The zero-order valence-corrected chi connectivity index (χ0v) is 19.3. The summed E-state index contributed by atoms with van der Waals surface area (Å²) >= 11 is 0. The normalized spacial score (nSPS) is 11.4. The van der Waals surface area contributed by atoms with E-state index in [0.717, 1.165) is 12.8 Å². The second kappa shape index (κ2) is 12.5. The summed E-state index contributed by atoms with van der Waals surface area (Å²) in [6.07, 6.45) is 9.68. The fraction of sp³-hybridized carbons (Fsp3) is 0.640. The van der Waals surface area contributed by atoms with Crippen LogP contribution in [0.3, 0.4) is 0 Å². The average Bonchev–Trinajstić information content (AvgIpc) is 2.68. The Hall–Kier alpha value is -2.17. The fourth-order valence-electron chi connectivity index (χ4n) is 3.40. The molecule has 0 atom stereocenters. The Morgan fingerprint density at radius 3 is 2.07 bits per heavy atom. The summed E-state index contributed by atoms with van der Waals surface area (Å²) in [4.78, 5) is 12.5. The van der Waals surface area contributed by atoms with E-state index in [4.69, 9.17) is 18.6 Å². The van der Waals surface area contributed by atoms with Crippen LogP contribution in [-0.4, -0.2) is 18.8 Å². The maximum absolute atomic E-state index is 12.5. The van der Waals surface area contributed by atoms with E-state index in [1.807, 2.05) is 39.8 Å². The van der Waals surface area contributed by atoms with Gasteiger partial charge in [0.1, 0.15) is 16.7 Å². The van der Waals surface area contributed by atoms with Gasteiger partial charge in [-0.05, 0) is 46.2 Å². The van der Waals surface area contributed by atoms with Crippen molar-refractivity contribution in [1.82, 2.24) is 0 Å². The average molecular weight is 419 g/mol. The van der Waals surface area contributed by atoms with Crippen molar-refractivity contribution < 1.29 is 18.6 Å². The number of benzene rings is 1. The van der Waals surface area contributed by atoms with Gasteiger partial charge in [0.25, 0.3) is 0 Å². The monoisotopic (exact) mass is 418 g/mol. The lowest BCUT2D eigenvalue weighted by atomic mass is 10.1. The van der Waals surface area contributed by atoms with Gasteiger partial charge in [0.15, 0.2) is 5.75 Å². The minimum atomic E-state index is -0.535. The van der Waals surface area contributed by atoms with Crippen LogP contribution in [0, 0.1) is 0 Å². The zero-order chi connectivity index (χ0) is 21.9. The molecule has 1 aromatic heterocycles. The predicted molar refractivity (Wildman–Crippen MR) is 122 cm³/mol. The van der Waals surface area contributed by atoms with Crippen molar-refractivity contribution in [3.63, 3.8) is 0 Å². The molecule has 2 rings (SSSR count). The summed E-state index contributed by atoms with van der Waals surface area (Å²) in [5.74, 6) is 1.16. The van der Waals surface area contributed by atoms with Crippen LogP contribution < -0.4 is 19.8 Å². The molecule has 2 aromatic rings. The molecule has 0 saturated carbocycles. The van der Waals surface area contributed by atoms with Crippen LogP contribution in [0.15, 0.2) is 27.4 Å². The zero-order valence-electron chi connectivity index (χ0n) is 19.3. The summed E-state index contributed by atoms with van der Waals surface area (Å²) in [6.45, 7) is 10.4. The molecule has 0 spiro atoms. The number of fused-ring (bicyclic) bond motifs is 1. The highest BCUT2D eigenvalue weighted by atomic mass is 16.5. The smallest absolute Gasteiger partial charge is 0.383 e. The Bertz CT molecular complexity index is 822. The van der Waals surface area contributed by atoms with Crippen molar-refractivity contribution in [1.29, 1.82) is 0 Å². The quantitative estimate of drug-likeness (QED) is 0.247. The van der Waals surface area contributed by atoms with E-state index in [1.54, 1.807) is 6.07 Å². The van der Waals surface area contributed by atoms with E-state index in [9.17, 15) is 4.79 Å². The molecule has 1 heterocycles. The van der Waals surface area contributed by atoms with Crippen molar-refractivity contribution in [2.75, 3.05) is 6.61 Å². The molecular weight excluding hydrogens is 380 g/mol. The lowest BCUT2D eigenvalue weighted by Crippen LogP contribution is -2.17. The highest BCUT2D eigenvalue weighted by molar-refractivity contribution is 5.91. The van der Waals surface area contributed by atoms with Crippen LogP contribution in [-0.2, 0) is 0 Å². The van der Waals surface area contributed by atoms with Gasteiger partial charge in [-0.15, -0.1) is 0 Å². The second-order valence-electron chi connectivity index (χ2n) is 8.33. The van der Waals surface area contributed by atoms with Gasteiger partial charge >= 0.3 is 5.63 Å². The fourth-order valence-corrected chi connectivity index (χ4v) is 3.40. The number of unbranched alkanes of at least 4 members (excludes halogenated alkanes) is 7. The second-order valence-corrected chi connectivity index (χ2v) is 8.33. The Kier molecular flexibility index (Phi) is 10.0. The third kappa shape index (κ3) is 7.26. The first-order chi connectivity index (χ1) is 14.4. The van der Waals surface area contributed by atoms with Gasteiger partial charge in [-0.1, -0.05) is 57.9 Å². The van der Waals surface area contributed by atoms with E-state index in [-0.39, 0.29) is 18.0 Å². The molecule has 0 saturated heterocycles. The number of hydrogen-bond donors (Lipinski definition) is 0. The minimum Gasteiger partial charge on any atom is -0.493 e. The van der Waals surface area contributed by atoms with Crippen molar-refractivity contribution in [3.05, 3.63) is 28.6 Å². The summed E-state index contributed by atoms with van der Waals surface area (Å²) in [5, 5.41) is 0.654. The van der Waals surface area contributed by atoms with E-state index >= 15 is 0 Å². The highest BCUT2D eigenvalue weighted by Gasteiger charge is 2.22. The van der Waals surface area contributed by atoms with Gasteiger partial charge < -0.3 is 18.6 Å². The molecule has 168 valence electrons. The summed E-state index contributed by atoms with van der Waals surface area (Å²) in [6, 6.07) is 5.47. The van der Waals surface area contributed by atoms with Gasteiger partial charge in [0.05, 0.1) is 18.8 Å². The molecule has 0 aliphatic carbocycles. The first kappa shape index (κ1) is 24.1. The van der Waals surface area contributed by atoms with Crippen molar-refractivity contribution in [2.24, 2.45) is 0 Å². The largest absolute Gasteiger partial charge is 0.493 e. The molecule has 0 radical (unpaired) electrons. The molecule has 5 heteroatoms. The van der Waals surface area contributed by atoms with Gasteiger partial charge in [0, 0.05) is 0 Å². The van der Waals surface area contributed by atoms with Crippen LogP contribution >= 0.6 is 0 Å². The predicted octanol–water partition coefficient (Wildman–Crippen LogP) is 6.89. The van der Waals surface area contributed by atoms with Crippen LogP contribution in [0.2, 0.25) is 0 Å². The molecule has 30 heavy (non-hydrogen) atoms. The van der Waals surface area contributed by atoms with Crippen LogP contribution in [0.25, 0.3) is 11.0 Å². The number of rotatable bonds is 14. The SMILES string of the molecule is CCCCCCCCCCOc1cccc2oc(=O)c(OC(C)C)c(OC(C)C)c12. The third-order valence-corrected chi connectivity index (χ3v) is 4.77. The highest BCUT2D eigenvalue weighted by Crippen LogP contribution is 2.39. The Balaban J connectivity index is 2.13. The number of ether oxygens (including phenoxy) is 3. The Morgan fingerprint density at radius 1 is 0.833 bits per heavy atom. The molecule has 0 aliphatic heterocycles. The van der Waals surface area contributed by atoms with E-state index in [0.29, 0.717) is 29.1 Å². The van der Waals surface area contributed by atoms with Crippen molar-refractivity contribution >= 4 is 11.0 Å². The standard InChI is InChI=1S/C25H38O5/c1-6-7-8-9-10-11-12-13-17-27-20-15-14-16-21-22(20)23(28-18(2)3)24(25(26)30-21)29-19(4)5/h14-16,18-19H,6-13,17H2,1-5H3. The maximum atomic E-state index is 12.5. The van der Waals surface area contributed by atoms with Crippen LogP contribution in [0.4, 0.5) is 0 Å². The van der Waals surface area contributed by atoms with Crippen molar-refractivity contribution in [3.8, 4) is 17.2 Å². The molecule has 0 N–H and O–H groups in total. The molecule has 0 amide bonds. The lowest BCUT2D eigenvalue weighted by Gasteiger charge is -2.19. The van der Waals surface area contributed by atoms with E-state index < -0.39 is 5.63 Å².